The molecule has 2 unspecified atom stereocenters. The van der Waals surface area contributed by atoms with Gasteiger partial charge >= 0.3 is 11.9 Å². The van der Waals surface area contributed by atoms with Crippen LogP contribution in [0.15, 0.2) is 36.1 Å². The lowest BCUT2D eigenvalue weighted by Gasteiger charge is -2.48. The zero-order chi connectivity index (χ0) is 20.7. The minimum Gasteiger partial charge on any atom is -0.497 e. The highest BCUT2D eigenvalue weighted by molar-refractivity contribution is 6.31. The lowest BCUT2D eigenvalue weighted by atomic mass is 9.88. The maximum absolute atomic E-state index is 13.3. The first-order valence-electron chi connectivity index (χ1n) is 8.53. The van der Waals surface area contributed by atoms with Crippen LogP contribution in [0.5, 0.6) is 0 Å². The van der Waals surface area contributed by atoms with Crippen LogP contribution in [-0.4, -0.2) is 42.5 Å². The van der Waals surface area contributed by atoms with Crippen molar-refractivity contribution >= 4 is 29.4 Å². The highest BCUT2D eigenvalue weighted by Crippen LogP contribution is 2.46. The normalized spacial score (nSPS) is 25.1. The number of halogens is 1. The monoisotopic (exact) mass is 409 g/mol. The molecule has 2 atom stereocenters. The van der Waals surface area contributed by atoms with Gasteiger partial charge in [0.05, 0.1) is 13.2 Å². The zero-order valence-electron chi connectivity index (χ0n) is 15.9. The highest BCUT2D eigenvalue weighted by Gasteiger charge is 2.61. The SMILES string of the molecule is COC1=CC(=O)OC1C1(c2ccccc2Cl)OOC(=O)CN1C(=O)C(C)(C)C. The zero-order valence-corrected chi connectivity index (χ0v) is 16.6. The van der Waals surface area contributed by atoms with Gasteiger partial charge in [-0.3, -0.25) is 14.6 Å². The van der Waals surface area contributed by atoms with E-state index in [1.54, 1.807) is 45.0 Å². The Bertz CT molecular complexity index is 860. The van der Waals surface area contributed by atoms with Gasteiger partial charge in [0, 0.05) is 16.0 Å². The van der Waals surface area contributed by atoms with Gasteiger partial charge in [0.25, 0.3) is 5.72 Å². The van der Waals surface area contributed by atoms with Gasteiger partial charge < -0.3 is 9.47 Å². The second-order valence-corrected chi connectivity index (χ2v) is 7.83. The smallest absolute Gasteiger partial charge is 0.361 e. The van der Waals surface area contributed by atoms with E-state index in [1.807, 2.05) is 0 Å². The van der Waals surface area contributed by atoms with Gasteiger partial charge in [0.1, 0.15) is 12.3 Å². The Morgan fingerprint density at radius 1 is 1.29 bits per heavy atom. The second kappa shape index (κ2) is 7.10. The summed E-state index contributed by atoms with van der Waals surface area (Å²) in [6.45, 7) is 4.66. The number of hydrogen-bond donors (Lipinski definition) is 0. The average Bonchev–Trinajstić information content (AvgIpc) is 3.02. The molecule has 0 spiro atoms. The first kappa shape index (κ1) is 20.2. The van der Waals surface area contributed by atoms with Gasteiger partial charge in [-0.05, 0) is 6.07 Å². The van der Waals surface area contributed by atoms with E-state index >= 15 is 0 Å². The molecule has 1 saturated heterocycles. The number of nitrogens with zero attached hydrogens (tertiary/aromatic N) is 1. The van der Waals surface area contributed by atoms with Crippen molar-refractivity contribution in [1.82, 2.24) is 4.90 Å². The third-order valence-corrected chi connectivity index (χ3v) is 4.77. The summed E-state index contributed by atoms with van der Waals surface area (Å²) in [5.74, 6) is -1.78. The molecule has 8 nitrogen and oxygen atoms in total. The Hall–Kier alpha value is -2.58. The Morgan fingerprint density at radius 3 is 2.57 bits per heavy atom. The fourth-order valence-corrected chi connectivity index (χ4v) is 3.43. The van der Waals surface area contributed by atoms with Crippen molar-refractivity contribution < 1.29 is 33.6 Å². The number of cyclic esters (lactones) is 1. The average molecular weight is 410 g/mol. The van der Waals surface area contributed by atoms with E-state index in [1.165, 1.54) is 12.0 Å². The van der Waals surface area contributed by atoms with E-state index in [0.29, 0.717) is 0 Å². The minimum atomic E-state index is -1.86. The Kier molecular flexibility index (Phi) is 5.12. The van der Waals surface area contributed by atoms with Crippen molar-refractivity contribution in [3.05, 3.63) is 46.7 Å². The molecule has 0 aromatic heterocycles. The van der Waals surface area contributed by atoms with Crippen LogP contribution in [0.2, 0.25) is 5.02 Å². The lowest BCUT2D eigenvalue weighted by Crippen LogP contribution is -2.65. The fourth-order valence-electron chi connectivity index (χ4n) is 3.16. The Balaban J connectivity index is 2.27. The molecule has 1 aromatic rings. The molecule has 0 bridgehead atoms. The predicted octanol–water partition coefficient (Wildman–Crippen LogP) is 2.31. The van der Waals surface area contributed by atoms with Crippen LogP contribution in [0.25, 0.3) is 0 Å². The van der Waals surface area contributed by atoms with Crippen molar-refractivity contribution in [2.45, 2.75) is 32.6 Å². The van der Waals surface area contributed by atoms with Crippen molar-refractivity contribution in [2.75, 3.05) is 13.7 Å². The van der Waals surface area contributed by atoms with E-state index in [4.69, 9.17) is 30.8 Å². The maximum atomic E-state index is 13.3. The molecule has 2 aliphatic rings. The van der Waals surface area contributed by atoms with Crippen LogP contribution >= 0.6 is 11.6 Å². The number of amides is 1. The van der Waals surface area contributed by atoms with E-state index < -0.39 is 41.6 Å². The van der Waals surface area contributed by atoms with Gasteiger partial charge in [-0.25, -0.2) is 9.59 Å². The van der Waals surface area contributed by atoms with Gasteiger partial charge in [0.2, 0.25) is 12.0 Å². The highest BCUT2D eigenvalue weighted by atomic mass is 35.5. The molecule has 1 amide bonds. The van der Waals surface area contributed by atoms with Gasteiger partial charge in [-0.15, -0.1) is 4.89 Å². The number of rotatable bonds is 3. The standard InChI is InChI=1S/C19H20ClNO7/c1-18(2,3)17(24)21-10-15(23)27-28-19(21,11-7-5-6-8-12(11)20)16-13(25-4)9-14(22)26-16/h5-9,16H,10H2,1-4H3. The van der Waals surface area contributed by atoms with Crippen LogP contribution < -0.4 is 0 Å². The van der Waals surface area contributed by atoms with Crippen molar-refractivity contribution in [3.63, 3.8) is 0 Å². The summed E-state index contributed by atoms with van der Waals surface area (Å²) in [6, 6.07) is 6.56. The van der Waals surface area contributed by atoms with Gasteiger partial charge in [0.15, 0.2) is 0 Å². The lowest BCUT2D eigenvalue weighted by molar-refractivity contribution is -0.407. The number of carbonyl (C=O) groups excluding carboxylic acids is 3. The molecule has 9 heteroatoms. The number of methoxy groups -OCH3 is 1. The van der Waals surface area contributed by atoms with Crippen LogP contribution in [0.1, 0.15) is 26.3 Å². The molecule has 0 aliphatic carbocycles. The molecule has 3 rings (SSSR count). The molecular weight excluding hydrogens is 390 g/mol. The first-order valence-corrected chi connectivity index (χ1v) is 8.91. The molecule has 1 fully saturated rings. The maximum Gasteiger partial charge on any atom is 0.361 e. The fraction of sp³-hybridized carbons (Fsp3) is 0.421. The molecule has 150 valence electrons. The van der Waals surface area contributed by atoms with Crippen LogP contribution in [0.4, 0.5) is 0 Å². The summed E-state index contributed by atoms with van der Waals surface area (Å²) in [5, 5.41) is 0.227. The topological polar surface area (TPSA) is 91.4 Å². The van der Waals surface area contributed by atoms with Crippen LogP contribution in [-0.2, 0) is 39.4 Å². The van der Waals surface area contributed by atoms with E-state index in [-0.39, 0.29) is 16.3 Å². The molecule has 1 aromatic carbocycles. The third kappa shape index (κ3) is 3.22. The molecular formula is C19H20ClNO7. The van der Waals surface area contributed by atoms with Crippen LogP contribution in [0, 0.1) is 5.41 Å². The summed E-state index contributed by atoms with van der Waals surface area (Å²) >= 11 is 6.41. The summed E-state index contributed by atoms with van der Waals surface area (Å²) in [6.07, 6.45) is -0.0905. The molecule has 0 N–H and O–H groups in total. The van der Waals surface area contributed by atoms with Gasteiger partial charge in [-0.1, -0.05) is 50.6 Å². The van der Waals surface area contributed by atoms with Gasteiger partial charge in [-0.2, -0.15) is 0 Å². The largest absolute Gasteiger partial charge is 0.497 e. The first-order chi connectivity index (χ1) is 13.1. The Labute approximate surface area is 166 Å². The number of ether oxygens (including phenoxy) is 2. The number of benzene rings is 1. The second-order valence-electron chi connectivity index (χ2n) is 7.42. The number of hydrogen-bond acceptors (Lipinski definition) is 7. The van der Waals surface area contributed by atoms with Crippen molar-refractivity contribution in [3.8, 4) is 0 Å². The molecule has 28 heavy (non-hydrogen) atoms. The molecule has 2 aliphatic heterocycles. The molecule has 0 saturated carbocycles. The molecule has 2 heterocycles. The predicted molar refractivity (Wildman–Crippen MR) is 96.4 cm³/mol. The van der Waals surface area contributed by atoms with Crippen LogP contribution in [0.3, 0.4) is 0 Å². The van der Waals surface area contributed by atoms with E-state index in [9.17, 15) is 14.4 Å². The quantitative estimate of drug-likeness (QED) is 0.558. The number of carbonyl (C=O) groups is 3. The summed E-state index contributed by atoms with van der Waals surface area (Å²) in [5.41, 5.74) is -2.46. The number of esters is 1. The molecule has 0 radical (unpaired) electrons. The van der Waals surface area contributed by atoms with Crippen molar-refractivity contribution in [1.29, 1.82) is 0 Å². The Morgan fingerprint density at radius 2 is 1.96 bits per heavy atom. The van der Waals surface area contributed by atoms with E-state index in [2.05, 4.69) is 0 Å². The third-order valence-electron chi connectivity index (χ3n) is 4.44. The summed E-state index contributed by atoms with van der Waals surface area (Å²) in [7, 11) is 1.35. The summed E-state index contributed by atoms with van der Waals surface area (Å²) in [4.78, 5) is 48.8. The minimum absolute atomic E-state index is 0.106. The van der Waals surface area contributed by atoms with Crippen molar-refractivity contribution in [2.24, 2.45) is 5.41 Å². The summed E-state index contributed by atoms with van der Waals surface area (Å²) < 4.78 is 10.7. The van der Waals surface area contributed by atoms with E-state index in [0.717, 1.165) is 6.08 Å².